The van der Waals surface area contributed by atoms with E-state index in [1.807, 2.05) is 67.6 Å². The monoisotopic (exact) mass is 374 g/mol. The van der Waals surface area contributed by atoms with Crippen molar-refractivity contribution >= 4 is 50.1 Å². The van der Waals surface area contributed by atoms with Crippen LogP contribution in [0.15, 0.2) is 65.7 Å². The maximum atomic E-state index is 12.8. The number of thioether (sulfide) groups is 1. The number of hydrogen-bond donors (Lipinski definition) is 0. The third-order valence-corrected chi connectivity index (χ3v) is 5.55. The highest BCUT2D eigenvalue weighted by Crippen LogP contribution is 2.36. The maximum Gasteiger partial charge on any atom is 0.250 e. The molecule has 0 saturated carbocycles. The molecule has 2 aromatic carbocycles. The van der Waals surface area contributed by atoms with Crippen molar-refractivity contribution in [3.8, 4) is 0 Å². The van der Waals surface area contributed by atoms with Crippen LogP contribution in [0, 0.1) is 0 Å². The van der Waals surface area contributed by atoms with E-state index in [9.17, 15) is 4.79 Å². The molecule has 1 amide bonds. The van der Waals surface area contributed by atoms with Crippen molar-refractivity contribution in [1.29, 1.82) is 0 Å². The molecule has 1 heterocycles. The van der Waals surface area contributed by atoms with Crippen LogP contribution < -0.4 is 4.90 Å². The molecule has 0 bridgehead atoms. The molecule has 3 nitrogen and oxygen atoms in total. The molecule has 0 N–H and O–H groups in total. The predicted octanol–water partition coefficient (Wildman–Crippen LogP) is 4.61. The molecule has 1 aliphatic heterocycles. The molecule has 2 aromatic rings. The lowest BCUT2D eigenvalue weighted by molar-refractivity contribution is -0.119. The van der Waals surface area contributed by atoms with Gasteiger partial charge in [0, 0.05) is 5.75 Å². The summed E-state index contributed by atoms with van der Waals surface area (Å²) in [5.74, 6) is 0.660. The Morgan fingerprint density at radius 3 is 2.32 bits per heavy atom. The highest BCUT2D eigenvalue weighted by Gasteiger charge is 2.42. The summed E-state index contributed by atoms with van der Waals surface area (Å²) in [5.41, 5.74) is 1.68. The van der Waals surface area contributed by atoms with E-state index in [1.54, 1.807) is 16.7 Å². The first-order valence-corrected chi connectivity index (χ1v) is 8.71. The first-order valence-electron chi connectivity index (χ1n) is 6.93. The molecule has 0 aliphatic carbocycles. The van der Waals surface area contributed by atoms with Crippen LogP contribution in [0.25, 0.3) is 0 Å². The van der Waals surface area contributed by atoms with Gasteiger partial charge in [-0.3, -0.25) is 9.69 Å². The van der Waals surface area contributed by atoms with Crippen molar-refractivity contribution in [3.05, 3.63) is 60.7 Å². The topological polar surface area (TPSA) is 32.7 Å². The van der Waals surface area contributed by atoms with Gasteiger partial charge in [-0.25, -0.2) is 4.99 Å². The molecule has 5 heteroatoms. The number of nitrogens with zero attached hydrogens (tertiary/aromatic N) is 2. The van der Waals surface area contributed by atoms with Crippen molar-refractivity contribution in [2.75, 3.05) is 10.7 Å². The molecule has 1 fully saturated rings. The maximum absolute atomic E-state index is 12.8. The number of benzene rings is 2. The third kappa shape index (κ3) is 3.10. The standard InChI is InChI=1S/C17H15BrN2OS/c1-17(18)12-22-16(19-13-8-4-2-5-9-13)20(15(17)21)14-10-6-3-7-11-14/h2-11H,12H2,1H3. The summed E-state index contributed by atoms with van der Waals surface area (Å²) in [6.45, 7) is 1.90. The summed E-state index contributed by atoms with van der Waals surface area (Å²) in [4.78, 5) is 19.2. The van der Waals surface area contributed by atoms with Crippen LogP contribution in [0.4, 0.5) is 11.4 Å². The lowest BCUT2D eigenvalue weighted by Crippen LogP contribution is -2.51. The summed E-state index contributed by atoms with van der Waals surface area (Å²) in [5, 5.41) is 0.708. The zero-order chi connectivity index (χ0) is 15.6. The van der Waals surface area contributed by atoms with Crippen LogP contribution >= 0.6 is 27.7 Å². The molecular weight excluding hydrogens is 360 g/mol. The molecule has 22 heavy (non-hydrogen) atoms. The van der Waals surface area contributed by atoms with E-state index in [0.717, 1.165) is 11.4 Å². The van der Waals surface area contributed by atoms with Crippen molar-refractivity contribution in [1.82, 2.24) is 0 Å². The van der Waals surface area contributed by atoms with E-state index < -0.39 is 4.32 Å². The molecule has 0 spiro atoms. The van der Waals surface area contributed by atoms with E-state index in [4.69, 9.17) is 0 Å². The van der Waals surface area contributed by atoms with E-state index in [1.165, 1.54) is 0 Å². The minimum absolute atomic E-state index is 0.00660. The Balaban J connectivity index is 2.05. The van der Waals surface area contributed by atoms with Crippen LogP contribution in [0.5, 0.6) is 0 Å². The van der Waals surface area contributed by atoms with Gasteiger partial charge in [0.15, 0.2) is 5.17 Å². The van der Waals surface area contributed by atoms with Crippen LogP contribution in [0.2, 0.25) is 0 Å². The predicted molar refractivity (Wildman–Crippen MR) is 97.3 cm³/mol. The zero-order valence-electron chi connectivity index (χ0n) is 12.1. The number of carbonyl (C=O) groups is 1. The minimum atomic E-state index is -0.580. The van der Waals surface area contributed by atoms with Gasteiger partial charge in [0.25, 0.3) is 5.91 Å². The minimum Gasteiger partial charge on any atom is -0.272 e. The second-order valence-electron chi connectivity index (χ2n) is 5.19. The summed E-state index contributed by atoms with van der Waals surface area (Å²) >= 11 is 5.12. The number of alkyl halides is 1. The number of carbonyl (C=O) groups excluding carboxylic acids is 1. The normalized spacial score (nSPS) is 23.8. The SMILES string of the molecule is CC1(Br)CSC(=Nc2ccccc2)N(c2ccccc2)C1=O. The molecule has 1 unspecified atom stereocenters. The fourth-order valence-electron chi connectivity index (χ4n) is 2.15. The quantitative estimate of drug-likeness (QED) is 0.719. The average molecular weight is 375 g/mol. The van der Waals surface area contributed by atoms with Gasteiger partial charge in [-0.15, -0.1) is 0 Å². The van der Waals surface area contributed by atoms with Crippen molar-refractivity contribution in [2.45, 2.75) is 11.2 Å². The van der Waals surface area contributed by atoms with E-state index >= 15 is 0 Å². The van der Waals surface area contributed by atoms with Gasteiger partial charge in [-0.2, -0.15) is 0 Å². The van der Waals surface area contributed by atoms with E-state index in [-0.39, 0.29) is 5.91 Å². The first-order chi connectivity index (χ1) is 10.6. The van der Waals surface area contributed by atoms with Crippen LogP contribution in [-0.4, -0.2) is 21.2 Å². The van der Waals surface area contributed by atoms with Crippen molar-refractivity contribution in [3.63, 3.8) is 0 Å². The lowest BCUT2D eigenvalue weighted by Gasteiger charge is -2.36. The molecule has 1 aliphatic rings. The Morgan fingerprint density at radius 1 is 1.09 bits per heavy atom. The fourth-order valence-corrected chi connectivity index (χ4v) is 3.68. The smallest absolute Gasteiger partial charge is 0.250 e. The highest BCUT2D eigenvalue weighted by atomic mass is 79.9. The summed E-state index contributed by atoms with van der Waals surface area (Å²) in [6.07, 6.45) is 0. The Morgan fingerprint density at radius 2 is 1.68 bits per heavy atom. The first kappa shape index (κ1) is 15.3. The van der Waals surface area contributed by atoms with Gasteiger partial charge in [-0.05, 0) is 31.2 Å². The molecule has 3 rings (SSSR count). The second-order valence-corrected chi connectivity index (χ2v) is 7.88. The number of aliphatic imine (C=N–C) groups is 1. The van der Waals surface area contributed by atoms with Gasteiger partial charge in [-0.1, -0.05) is 64.1 Å². The van der Waals surface area contributed by atoms with E-state index in [0.29, 0.717) is 10.9 Å². The van der Waals surface area contributed by atoms with Gasteiger partial charge >= 0.3 is 0 Å². The second kappa shape index (κ2) is 6.26. The van der Waals surface area contributed by atoms with E-state index in [2.05, 4.69) is 20.9 Å². The molecule has 0 radical (unpaired) electrons. The number of halogens is 1. The van der Waals surface area contributed by atoms with Gasteiger partial charge in [0.2, 0.25) is 0 Å². The van der Waals surface area contributed by atoms with Crippen LogP contribution in [-0.2, 0) is 4.79 Å². The highest BCUT2D eigenvalue weighted by molar-refractivity contribution is 9.10. The van der Waals surface area contributed by atoms with Crippen LogP contribution in [0.3, 0.4) is 0 Å². The number of rotatable bonds is 2. The molecule has 1 saturated heterocycles. The summed E-state index contributed by atoms with van der Waals surface area (Å²) in [6, 6.07) is 19.3. The largest absolute Gasteiger partial charge is 0.272 e. The number of anilines is 1. The molecular formula is C17H15BrN2OS. The zero-order valence-corrected chi connectivity index (χ0v) is 14.5. The average Bonchev–Trinajstić information content (AvgIpc) is 2.53. The third-order valence-electron chi connectivity index (χ3n) is 3.31. The Kier molecular flexibility index (Phi) is 4.36. The number of hydrogen-bond acceptors (Lipinski definition) is 3. The summed E-state index contributed by atoms with van der Waals surface area (Å²) in [7, 11) is 0. The molecule has 112 valence electrons. The number of amides is 1. The Hall–Kier alpha value is -1.59. The number of para-hydroxylation sites is 2. The molecule has 1 atom stereocenters. The Labute approximate surface area is 142 Å². The molecule has 0 aromatic heterocycles. The number of amidine groups is 1. The van der Waals surface area contributed by atoms with Gasteiger partial charge in [0.05, 0.1) is 11.4 Å². The van der Waals surface area contributed by atoms with Gasteiger partial charge in [0.1, 0.15) is 4.32 Å². The van der Waals surface area contributed by atoms with Crippen molar-refractivity contribution in [2.24, 2.45) is 4.99 Å². The van der Waals surface area contributed by atoms with Gasteiger partial charge < -0.3 is 0 Å². The van der Waals surface area contributed by atoms with Crippen molar-refractivity contribution < 1.29 is 4.79 Å². The fraction of sp³-hybridized carbons (Fsp3) is 0.176. The van der Waals surface area contributed by atoms with Crippen LogP contribution in [0.1, 0.15) is 6.92 Å². The summed E-state index contributed by atoms with van der Waals surface area (Å²) < 4.78 is -0.580. The Bertz CT molecular complexity index is 701. The lowest BCUT2D eigenvalue weighted by atomic mass is 10.1.